The van der Waals surface area contributed by atoms with Gasteiger partial charge >= 0.3 is 50.5 Å². The predicted molar refractivity (Wildman–Crippen MR) is 369 cm³/mol. The van der Waals surface area contributed by atoms with Gasteiger partial charge in [0.15, 0.2) is 0 Å². The van der Waals surface area contributed by atoms with Gasteiger partial charge in [-0.05, 0) is 230 Å². The van der Waals surface area contributed by atoms with Gasteiger partial charge in [-0.3, -0.25) is 35.1 Å². The van der Waals surface area contributed by atoms with Crippen molar-refractivity contribution in [1.82, 2.24) is 50.3 Å². The Morgan fingerprint density at radius 3 is 1.44 bits per heavy atom. The van der Waals surface area contributed by atoms with Crippen LogP contribution in [-0.4, -0.2) is 61.5 Å². The minimum absolute atomic E-state index is 0. The summed E-state index contributed by atoms with van der Waals surface area (Å²) in [6.45, 7) is 34.7. The minimum atomic E-state index is -0.406. The number of nitrogens with zero attached hydrogens (tertiary/aromatic N) is 5. The molecule has 9 N–H and O–H groups in total. The fraction of sp³-hybridized carbons (Fsp3) is 0.761. The summed E-state index contributed by atoms with van der Waals surface area (Å²) in [7, 11) is 0. The molecule has 0 aromatic carbocycles. The Morgan fingerprint density at radius 1 is 0.621 bits per heavy atom. The van der Waals surface area contributed by atoms with Crippen molar-refractivity contribution in [1.29, 1.82) is 0 Å². The molecule has 10 aliphatic rings. The van der Waals surface area contributed by atoms with Crippen LogP contribution in [0.1, 0.15) is 234 Å². The third-order valence-corrected chi connectivity index (χ3v) is 28.5. The van der Waals surface area contributed by atoms with Gasteiger partial charge in [0.25, 0.3) is 5.91 Å². The third kappa shape index (κ3) is 10.2. The predicted octanol–water partition coefficient (Wildman–Crippen LogP) is 14.9. The Bertz CT molecular complexity index is 3480. The maximum absolute atomic E-state index is 14.4. The van der Waals surface area contributed by atoms with Crippen molar-refractivity contribution in [2.75, 3.05) is 11.5 Å². The number of aromatic amines is 5. The van der Waals surface area contributed by atoms with Gasteiger partial charge in [0.2, 0.25) is 14.8 Å². The fourth-order valence-electron chi connectivity index (χ4n) is 22.9. The Balaban J connectivity index is 0.000000168. The molecular weight excluding hydrogens is 1490 g/mol. The molecule has 0 spiro atoms. The molecule has 14 rings (SSSR count). The van der Waals surface area contributed by atoms with Crippen LogP contribution >= 0.6 is 73.3 Å². The molecule has 14 atom stereocenters. The second kappa shape index (κ2) is 22.9. The zero-order valence-electron chi connectivity index (χ0n) is 53.5. The van der Waals surface area contributed by atoms with E-state index in [2.05, 4.69) is 204 Å². The molecule has 4 aromatic rings. The maximum Gasteiger partial charge on any atom is 0.213 e. The quantitative estimate of drug-likeness (QED) is 0.0435. The fourth-order valence-corrected chi connectivity index (χ4v) is 23.5. The molecule has 0 radical (unpaired) electrons. The molecule has 87 heavy (non-hydrogen) atoms. The molecule has 6 unspecified atom stereocenters. The van der Waals surface area contributed by atoms with Gasteiger partial charge in [-0.1, -0.05) is 128 Å². The van der Waals surface area contributed by atoms with E-state index in [9.17, 15) is 9.59 Å². The summed E-state index contributed by atoms with van der Waals surface area (Å²) in [4.78, 5) is 35.2. The van der Waals surface area contributed by atoms with E-state index >= 15 is 0 Å². The molecule has 4 heterocycles. The van der Waals surface area contributed by atoms with E-state index in [4.69, 9.17) is 35.3 Å². The van der Waals surface area contributed by atoms with Crippen LogP contribution in [0, 0.1) is 99.2 Å². The van der Waals surface area contributed by atoms with Gasteiger partial charge in [0.05, 0.1) is 10.8 Å². The minimum Gasteiger partial charge on any atom is -0.288 e. The molecule has 6 fully saturated rings. The number of hydrogen-bond acceptors (Lipinski definition) is 10. The first kappa shape index (κ1) is 67.9. The number of aromatic nitrogens is 10. The van der Waals surface area contributed by atoms with E-state index in [0.29, 0.717) is 58.1 Å². The number of hydrogen-bond donors (Lipinski definition) is 7. The van der Waals surface area contributed by atoms with Crippen molar-refractivity contribution in [2.24, 2.45) is 89.7 Å². The molecule has 10 aliphatic carbocycles. The Kier molecular flexibility index (Phi) is 17.9. The molecular formula is C67H101ClI3N12O2S2-. The topological polar surface area (TPSA) is 222 Å². The second-order valence-electron chi connectivity index (χ2n) is 33.0. The number of H-pyrrole nitrogens is 5. The molecule has 6 saturated carbocycles. The molecule has 4 aromatic heterocycles. The SMILES string of the molecule is C.CC1(C)CC[C@]2(C(=O)Cl)CC[C@]3(C)C(=CCC4[C@@]5(C)Cc6c(N)n[nH]c6C(C)(C)C5CC[C@]43C)C2C1.CC1(C)CC[C@]2(C(=O)n3cnc(=S)[nH]3)CC[C@]3(C)C(=CCC4[C@@]5(C)Cc6c(N)n[nH]c6C(C)(C)C5CC[C@]43C)C2C1.I[I-]I.S=c1nc[nH][nH]1. The van der Waals surface area contributed by atoms with Crippen LogP contribution in [0.25, 0.3) is 0 Å². The van der Waals surface area contributed by atoms with Gasteiger partial charge in [0.1, 0.15) is 24.3 Å². The average Bonchev–Trinajstić information content (AvgIpc) is 1.32. The summed E-state index contributed by atoms with van der Waals surface area (Å²) in [6, 6.07) is 0. The van der Waals surface area contributed by atoms with Crippen molar-refractivity contribution in [2.45, 2.75) is 231 Å². The molecule has 14 nitrogen and oxygen atoms in total. The van der Waals surface area contributed by atoms with Crippen LogP contribution in [0.3, 0.4) is 0 Å². The van der Waals surface area contributed by atoms with E-state index in [-0.39, 0.29) is 90.0 Å². The molecule has 0 aliphatic heterocycles. The van der Waals surface area contributed by atoms with E-state index in [0.717, 1.165) is 89.9 Å². The molecule has 20 heteroatoms. The summed E-state index contributed by atoms with van der Waals surface area (Å²) in [6.07, 6.45) is 27.6. The van der Waals surface area contributed by atoms with E-state index < -0.39 is 5.41 Å². The van der Waals surface area contributed by atoms with Gasteiger partial charge in [0, 0.05) is 33.3 Å². The van der Waals surface area contributed by atoms with Crippen LogP contribution in [0.5, 0.6) is 0 Å². The number of rotatable bonds is 2. The van der Waals surface area contributed by atoms with Crippen molar-refractivity contribution in [3.8, 4) is 0 Å². The van der Waals surface area contributed by atoms with Gasteiger partial charge in [-0.2, -0.15) is 10.2 Å². The van der Waals surface area contributed by atoms with Crippen molar-refractivity contribution in [3.63, 3.8) is 0 Å². The molecule has 0 saturated heterocycles. The maximum atomic E-state index is 14.4. The number of anilines is 2. The normalized spacial score (nSPS) is 39.9. The Hall–Kier alpha value is -1.96. The zero-order valence-corrected chi connectivity index (χ0v) is 62.4. The monoisotopic (exact) mass is 1590 g/mol. The first-order valence-electron chi connectivity index (χ1n) is 31.9. The number of fused-ring (bicyclic) bond motifs is 16. The van der Waals surface area contributed by atoms with Crippen molar-refractivity contribution >= 4 is 96.1 Å². The standard InChI is InChI=1S/C33H48N6OS.C31H46ClN3O.C2H3N3S.CH4.I3/c1-28(2)12-14-33(26(40)39-18-35-27(41)38-39)15-13-31(6)20(21(33)17-28)8-9-23-30(5)16-19-24(36-37-25(19)34)29(3,4)22(30)10-11-32(23,31)7;1-26(2)12-14-31(25(32)36)15-13-29(6)19(20(31)17-26)8-9-22-28(5)16-18-23(34-35-24(18)33)27(3,4)21(28)10-11-30(22,29)7;6-2-3-1-4-5-2;;1-3-2/h8,18,21-23H,9-17H2,1-7H3,(H,38,41)(H3,34,36,37);8,20-22H,9-17H2,1-7H3,(H3,33,34,35);1H,(H2,3,4,5,6);1H4;/q;;;;-1/t21?,22?,23?,30-,31+,32+,33-;20?,21?,22?,28-,29+,30+,31-;;;/m00.../s1. The number of halogens is 4. The van der Waals surface area contributed by atoms with Crippen LogP contribution in [0.2, 0.25) is 0 Å². The summed E-state index contributed by atoms with van der Waals surface area (Å²) in [5, 5.41) is 23.7. The average molecular weight is 1590 g/mol. The molecule has 0 amide bonds. The van der Waals surface area contributed by atoms with E-state index in [1.54, 1.807) is 22.2 Å². The van der Waals surface area contributed by atoms with Gasteiger partial charge in [-0.25, -0.2) is 14.6 Å². The largest absolute Gasteiger partial charge is 0.288 e. The molecule has 0 bridgehead atoms. The van der Waals surface area contributed by atoms with Crippen molar-refractivity contribution in [3.05, 3.63) is 68.0 Å². The van der Waals surface area contributed by atoms with E-state index in [1.807, 2.05) is 0 Å². The molecule has 482 valence electrons. The Labute approximate surface area is 563 Å². The zero-order chi connectivity index (χ0) is 62.6. The summed E-state index contributed by atoms with van der Waals surface area (Å²) in [5.41, 5.74) is 21.6. The first-order valence-corrected chi connectivity index (χ1v) is 45.7. The smallest absolute Gasteiger partial charge is 0.213 e. The van der Waals surface area contributed by atoms with Crippen molar-refractivity contribution < 1.29 is 22.8 Å². The number of allylic oxidation sites excluding steroid dienone is 4. The summed E-state index contributed by atoms with van der Waals surface area (Å²) < 4.78 is 2.46. The number of nitrogens with one attached hydrogen (secondary N) is 5. The first-order chi connectivity index (χ1) is 40.0. The Morgan fingerprint density at radius 2 is 1.05 bits per heavy atom. The number of carbonyl (C=O) groups excluding carboxylic acids is 2. The van der Waals surface area contributed by atoms with Crippen LogP contribution in [-0.2, 0) is 28.5 Å². The number of nitrogen functional groups attached to an aromatic ring is 2. The summed E-state index contributed by atoms with van der Waals surface area (Å²) >= 11 is 21.6. The third-order valence-electron chi connectivity index (χ3n) is 27.7. The van der Waals surface area contributed by atoms with Crippen LogP contribution in [0.4, 0.5) is 11.6 Å². The van der Waals surface area contributed by atoms with Crippen LogP contribution < -0.4 is 24.7 Å². The second-order valence-corrected chi connectivity index (χ2v) is 50.3. The summed E-state index contributed by atoms with van der Waals surface area (Å²) in [5.74, 6) is 4.35. The van der Waals surface area contributed by atoms with Gasteiger partial charge < -0.3 is 11.5 Å². The number of carbonyl (C=O) groups is 2. The number of nitrogens with two attached hydrogens (primary N) is 2. The van der Waals surface area contributed by atoms with Gasteiger partial charge in [-0.15, -0.1) is 0 Å². The van der Waals surface area contributed by atoms with E-state index in [1.165, 1.54) is 54.5 Å². The van der Waals surface area contributed by atoms with Crippen LogP contribution in [0.15, 0.2) is 36.0 Å².